The summed E-state index contributed by atoms with van der Waals surface area (Å²) < 4.78 is 5.77. The van der Waals surface area contributed by atoms with Gasteiger partial charge in [0.1, 0.15) is 5.69 Å². The third kappa shape index (κ3) is 4.07. The van der Waals surface area contributed by atoms with Crippen molar-refractivity contribution in [2.45, 2.75) is 26.2 Å². The molecule has 1 aromatic heterocycles. The Kier molecular flexibility index (Phi) is 4.86. The van der Waals surface area contributed by atoms with Crippen LogP contribution < -0.4 is 0 Å². The smallest absolute Gasteiger partial charge is 0.355 e. The number of ketones is 1. The summed E-state index contributed by atoms with van der Waals surface area (Å²) in [5.74, 6) is -0.773. The number of benzene rings is 1. The van der Waals surface area contributed by atoms with E-state index >= 15 is 0 Å². The maximum absolute atomic E-state index is 12.0. The first-order valence-electron chi connectivity index (χ1n) is 6.92. The van der Waals surface area contributed by atoms with Gasteiger partial charge < -0.3 is 9.72 Å². The Hall–Kier alpha value is -1.88. The maximum atomic E-state index is 12.0. The first-order chi connectivity index (χ1) is 10.3. The number of carbonyl (C=O) groups is 2. The highest BCUT2D eigenvalue weighted by molar-refractivity contribution is 9.10. The van der Waals surface area contributed by atoms with Crippen LogP contribution in [0.4, 0.5) is 0 Å². The lowest BCUT2D eigenvalue weighted by Crippen LogP contribution is -2.15. The normalized spacial score (nSPS) is 11.3. The van der Waals surface area contributed by atoms with Crippen molar-refractivity contribution >= 4 is 27.7 Å². The van der Waals surface area contributed by atoms with Crippen LogP contribution in [0.2, 0.25) is 0 Å². The van der Waals surface area contributed by atoms with E-state index < -0.39 is 5.97 Å². The summed E-state index contributed by atoms with van der Waals surface area (Å²) in [6.45, 7) is 6.06. The molecular weight excluding hydrogens is 346 g/mol. The highest BCUT2D eigenvalue weighted by Crippen LogP contribution is 2.22. The van der Waals surface area contributed by atoms with E-state index in [9.17, 15) is 9.59 Å². The van der Waals surface area contributed by atoms with E-state index in [4.69, 9.17) is 4.74 Å². The fraction of sp³-hybridized carbons (Fsp3) is 0.294. The molecule has 0 aliphatic carbocycles. The van der Waals surface area contributed by atoms with Crippen LogP contribution in [0.3, 0.4) is 0 Å². The standard InChI is InChI=1S/C17H18BrNO3/c1-17(2,3)12-6-4-11(5-7-12)15(20)10-22-16(21)14-8-13(18)9-19-14/h4-9,19H,10H2,1-3H3. The van der Waals surface area contributed by atoms with Crippen molar-refractivity contribution in [1.29, 1.82) is 0 Å². The van der Waals surface area contributed by atoms with Gasteiger partial charge in [-0.05, 0) is 33.0 Å². The summed E-state index contributed by atoms with van der Waals surface area (Å²) in [6, 6.07) is 8.99. The Bertz CT molecular complexity index is 681. The number of rotatable bonds is 4. The number of nitrogens with one attached hydrogen (secondary N) is 1. The fourth-order valence-electron chi connectivity index (χ4n) is 1.93. The topological polar surface area (TPSA) is 59.2 Å². The van der Waals surface area contributed by atoms with Gasteiger partial charge in [0.25, 0.3) is 0 Å². The molecule has 2 aromatic rings. The van der Waals surface area contributed by atoms with Gasteiger partial charge in [0.2, 0.25) is 0 Å². The van der Waals surface area contributed by atoms with Crippen molar-refractivity contribution in [2.75, 3.05) is 6.61 Å². The van der Waals surface area contributed by atoms with Crippen molar-refractivity contribution in [1.82, 2.24) is 4.98 Å². The molecule has 1 N–H and O–H groups in total. The zero-order chi connectivity index (χ0) is 16.3. The summed E-state index contributed by atoms with van der Waals surface area (Å²) in [5.41, 5.74) is 2.03. The second kappa shape index (κ2) is 6.48. The second-order valence-corrected chi connectivity index (χ2v) is 6.97. The van der Waals surface area contributed by atoms with Gasteiger partial charge in [0.15, 0.2) is 12.4 Å². The Labute approximate surface area is 138 Å². The lowest BCUT2D eigenvalue weighted by Gasteiger charge is -2.18. The van der Waals surface area contributed by atoms with E-state index in [1.807, 2.05) is 12.1 Å². The molecule has 1 aromatic carbocycles. The number of halogens is 1. The van der Waals surface area contributed by atoms with Crippen LogP contribution in [0, 0.1) is 0 Å². The van der Waals surface area contributed by atoms with Gasteiger partial charge in [0, 0.05) is 16.2 Å². The number of hydrogen-bond acceptors (Lipinski definition) is 3. The quantitative estimate of drug-likeness (QED) is 0.656. The number of ether oxygens (including phenoxy) is 1. The van der Waals surface area contributed by atoms with E-state index in [1.165, 1.54) is 0 Å². The van der Waals surface area contributed by atoms with Crippen LogP contribution in [0.5, 0.6) is 0 Å². The molecule has 2 rings (SSSR count). The van der Waals surface area contributed by atoms with E-state index in [1.54, 1.807) is 24.4 Å². The number of H-pyrrole nitrogens is 1. The molecular formula is C17H18BrNO3. The largest absolute Gasteiger partial charge is 0.453 e. The minimum absolute atomic E-state index is 0.0368. The van der Waals surface area contributed by atoms with Gasteiger partial charge in [-0.25, -0.2) is 4.79 Å². The lowest BCUT2D eigenvalue weighted by atomic mass is 9.86. The molecule has 116 valence electrons. The molecule has 0 bridgehead atoms. The number of aromatic nitrogens is 1. The number of carbonyl (C=O) groups excluding carboxylic acids is 2. The summed E-state index contributed by atoms with van der Waals surface area (Å²) in [7, 11) is 0. The van der Waals surface area contributed by atoms with Crippen LogP contribution in [-0.4, -0.2) is 23.3 Å². The number of aromatic amines is 1. The highest BCUT2D eigenvalue weighted by atomic mass is 79.9. The molecule has 0 saturated carbocycles. The molecule has 0 aliphatic rings. The molecule has 0 atom stereocenters. The molecule has 0 fully saturated rings. The average molecular weight is 364 g/mol. The zero-order valence-electron chi connectivity index (χ0n) is 12.8. The first kappa shape index (κ1) is 16.5. The Balaban J connectivity index is 1.96. The van der Waals surface area contributed by atoms with Crippen LogP contribution >= 0.6 is 15.9 Å². The Morgan fingerprint density at radius 2 is 1.82 bits per heavy atom. The van der Waals surface area contributed by atoms with E-state index in [0.29, 0.717) is 11.3 Å². The molecule has 0 amide bonds. The summed E-state index contributed by atoms with van der Waals surface area (Å²) in [5, 5.41) is 0. The van der Waals surface area contributed by atoms with E-state index in [-0.39, 0.29) is 17.8 Å². The minimum Gasteiger partial charge on any atom is -0.453 e. The number of esters is 1. The molecule has 0 radical (unpaired) electrons. The van der Waals surface area contributed by atoms with Gasteiger partial charge in [-0.15, -0.1) is 0 Å². The molecule has 5 heteroatoms. The lowest BCUT2D eigenvalue weighted by molar-refractivity contribution is 0.0469. The number of Topliss-reactive ketones (excluding diaryl/α,β-unsaturated/α-hetero) is 1. The Morgan fingerprint density at radius 3 is 2.32 bits per heavy atom. The van der Waals surface area contributed by atoms with Crippen molar-refractivity contribution in [3.63, 3.8) is 0 Å². The molecule has 0 aliphatic heterocycles. The van der Waals surface area contributed by atoms with Crippen molar-refractivity contribution in [2.24, 2.45) is 0 Å². The molecule has 0 saturated heterocycles. The van der Waals surface area contributed by atoms with Gasteiger partial charge in [0.05, 0.1) is 0 Å². The monoisotopic (exact) mass is 363 g/mol. The van der Waals surface area contributed by atoms with Crippen LogP contribution in [0.1, 0.15) is 47.2 Å². The third-order valence-electron chi connectivity index (χ3n) is 3.27. The van der Waals surface area contributed by atoms with Crippen molar-refractivity contribution in [3.8, 4) is 0 Å². The molecule has 1 heterocycles. The fourth-order valence-corrected chi connectivity index (χ4v) is 2.28. The SMILES string of the molecule is CC(C)(C)c1ccc(C(=O)COC(=O)c2cc(Br)c[nH]2)cc1. The molecule has 22 heavy (non-hydrogen) atoms. The number of hydrogen-bond donors (Lipinski definition) is 1. The summed E-state index contributed by atoms with van der Waals surface area (Å²) >= 11 is 3.23. The van der Waals surface area contributed by atoms with E-state index in [2.05, 4.69) is 41.7 Å². The molecule has 0 unspecified atom stereocenters. The van der Waals surface area contributed by atoms with Crippen molar-refractivity contribution < 1.29 is 14.3 Å². The van der Waals surface area contributed by atoms with Crippen LogP contribution in [0.15, 0.2) is 41.0 Å². The van der Waals surface area contributed by atoms with Crippen molar-refractivity contribution in [3.05, 3.63) is 57.8 Å². The van der Waals surface area contributed by atoms with Gasteiger partial charge in [-0.2, -0.15) is 0 Å². The zero-order valence-corrected chi connectivity index (χ0v) is 14.4. The maximum Gasteiger partial charge on any atom is 0.355 e. The molecule has 0 spiro atoms. The van der Waals surface area contributed by atoms with Gasteiger partial charge in [-0.1, -0.05) is 45.0 Å². The van der Waals surface area contributed by atoms with E-state index in [0.717, 1.165) is 10.0 Å². The third-order valence-corrected chi connectivity index (χ3v) is 3.73. The molecule has 4 nitrogen and oxygen atoms in total. The Morgan fingerprint density at radius 1 is 1.18 bits per heavy atom. The summed E-state index contributed by atoms with van der Waals surface area (Å²) in [6.07, 6.45) is 1.63. The first-order valence-corrected chi connectivity index (χ1v) is 7.71. The highest BCUT2D eigenvalue weighted by Gasteiger charge is 2.16. The average Bonchev–Trinajstić information content (AvgIpc) is 2.90. The minimum atomic E-state index is -0.551. The second-order valence-electron chi connectivity index (χ2n) is 6.06. The van der Waals surface area contributed by atoms with Crippen LogP contribution in [-0.2, 0) is 10.2 Å². The van der Waals surface area contributed by atoms with Crippen LogP contribution in [0.25, 0.3) is 0 Å². The predicted octanol–water partition coefficient (Wildman–Crippen LogP) is 4.11. The van der Waals surface area contributed by atoms with Gasteiger partial charge >= 0.3 is 5.97 Å². The predicted molar refractivity (Wildman–Crippen MR) is 88.2 cm³/mol. The summed E-state index contributed by atoms with van der Waals surface area (Å²) in [4.78, 5) is 26.6. The van der Waals surface area contributed by atoms with Gasteiger partial charge in [-0.3, -0.25) is 4.79 Å².